The van der Waals surface area contributed by atoms with Crippen LogP contribution in [0.25, 0.3) is 0 Å². The first-order chi connectivity index (χ1) is 5.11. The maximum absolute atomic E-state index is 5.72. The van der Waals surface area contributed by atoms with Gasteiger partial charge in [-0.25, -0.2) is 0 Å². The van der Waals surface area contributed by atoms with Crippen LogP contribution < -0.4 is 5.73 Å². The molecule has 1 aromatic rings. The molecule has 0 aliphatic rings. The Balaban J connectivity index is 3.09. The second-order valence-corrected chi connectivity index (χ2v) is 4.22. The van der Waals surface area contributed by atoms with E-state index in [9.17, 15) is 0 Å². The van der Waals surface area contributed by atoms with Crippen LogP contribution in [0.3, 0.4) is 0 Å². The molecule has 1 aromatic carbocycles. The highest BCUT2D eigenvalue weighted by Gasteiger charge is 2.03. The van der Waals surface area contributed by atoms with Gasteiger partial charge in [0.2, 0.25) is 0 Å². The Labute approximate surface area is 83.2 Å². The molecule has 0 saturated heterocycles. The van der Waals surface area contributed by atoms with Crippen LogP contribution in [0.2, 0.25) is 0 Å². The van der Waals surface area contributed by atoms with Gasteiger partial charge in [0.05, 0.1) is 0 Å². The molecular weight excluding hydrogens is 270 g/mol. The minimum absolute atomic E-state index is 0.0810. The van der Waals surface area contributed by atoms with Crippen molar-refractivity contribution in [2.24, 2.45) is 5.73 Å². The van der Waals surface area contributed by atoms with Gasteiger partial charge in [-0.2, -0.15) is 0 Å². The summed E-state index contributed by atoms with van der Waals surface area (Å²) in [5.74, 6) is 0. The van der Waals surface area contributed by atoms with Gasteiger partial charge in [0.25, 0.3) is 0 Å². The Morgan fingerprint density at radius 3 is 2.45 bits per heavy atom. The minimum atomic E-state index is 0.0810. The van der Waals surface area contributed by atoms with Crippen LogP contribution in [-0.2, 0) is 0 Å². The van der Waals surface area contributed by atoms with Gasteiger partial charge in [-0.3, -0.25) is 0 Å². The molecule has 1 rings (SSSR count). The molecule has 0 heterocycles. The summed E-state index contributed by atoms with van der Waals surface area (Å²) in [6.07, 6.45) is 0. The quantitative estimate of drug-likeness (QED) is 0.839. The first kappa shape index (κ1) is 9.23. The molecule has 3 heteroatoms. The lowest BCUT2D eigenvalue weighted by molar-refractivity contribution is 0.813. The molecular formula is C8H9Br2N. The zero-order valence-electron chi connectivity index (χ0n) is 6.14. The number of halogens is 2. The van der Waals surface area contributed by atoms with Crippen molar-refractivity contribution < 1.29 is 0 Å². The van der Waals surface area contributed by atoms with Gasteiger partial charge >= 0.3 is 0 Å². The van der Waals surface area contributed by atoms with E-state index in [1.54, 1.807) is 0 Å². The second kappa shape index (κ2) is 3.70. The highest BCUT2D eigenvalue weighted by molar-refractivity contribution is 9.11. The Bertz CT molecular complexity index is 258. The molecule has 0 spiro atoms. The van der Waals surface area contributed by atoms with Crippen molar-refractivity contribution in [3.63, 3.8) is 0 Å². The number of nitrogens with two attached hydrogens (primary N) is 1. The summed E-state index contributed by atoms with van der Waals surface area (Å²) in [4.78, 5) is 0. The molecule has 1 atom stereocenters. The Hall–Kier alpha value is 0.140. The van der Waals surface area contributed by atoms with Crippen LogP contribution in [0.15, 0.2) is 27.1 Å². The summed E-state index contributed by atoms with van der Waals surface area (Å²) >= 11 is 6.81. The van der Waals surface area contributed by atoms with Crippen molar-refractivity contribution in [1.29, 1.82) is 0 Å². The first-order valence-electron chi connectivity index (χ1n) is 3.32. The molecule has 0 fully saturated rings. The van der Waals surface area contributed by atoms with Gasteiger partial charge in [0, 0.05) is 15.0 Å². The predicted octanol–water partition coefficient (Wildman–Crippen LogP) is 3.23. The van der Waals surface area contributed by atoms with Gasteiger partial charge in [-0.15, -0.1) is 0 Å². The topological polar surface area (TPSA) is 26.0 Å². The fourth-order valence-electron chi connectivity index (χ4n) is 0.871. The van der Waals surface area contributed by atoms with Gasteiger partial charge < -0.3 is 5.73 Å². The molecule has 2 N–H and O–H groups in total. The van der Waals surface area contributed by atoms with Gasteiger partial charge in [-0.1, -0.05) is 37.9 Å². The molecule has 60 valence electrons. The molecule has 0 aromatic heterocycles. The SMILES string of the molecule is CC(N)c1ccc(Br)cc1Br. The molecule has 0 bridgehead atoms. The van der Waals surface area contributed by atoms with E-state index in [1.807, 2.05) is 25.1 Å². The second-order valence-electron chi connectivity index (χ2n) is 2.45. The number of hydrogen-bond donors (Lipinski definition) is 1. The molecule has 0 aliphatic carbocycles. The Morgan fingerprint density at radius 2 is 2.00 bits per heavy atom. The normalized spacial score (nSPS) is 13.1. The highest BCUT2D eigenvalue weighted by atomic mass is 79.9. The van der Waals surface area contributed by atoms with E-state index in [4.69, 9.17) is 5.73 Å². The molecule has 1 unspecified atom stereocenters. The summed E-state index contributed by atoms with van der Waals surface area (Å²) in [7, 11) is 0. The largest absolute Gasteiger partial charge is 0.324 e. The van der Waals surface area contributed by atoms with Crippen LogP contribution in [0, 0.1) is 0 Å². The van der Waals surface area contributed by atoms with Crippen LogP contribution in [0.4, 0.5) is 0 Å². The van der Waals surface area contributed by atoms with Crippen molar-refractivity contribution in [2.45, 2.75) is 13.0 Å². The van der Waals surface area contributed by atoms with Crippen molar-refractivity contribution in [3.8, 4) is 0 Å². The van der Waals surface area contributed by atoms with Crippen molar-refractivity contribution in [2.75, 3.05) is 0 Å². The summed E-state index contributed by atoms with van der Waals surface area (Å²) in [6.45, 7) is 1.97. The average molecular weight is 279 g/mol. The Morgan fingerprint density at radius 1 is 1.36 bits per heavy atom. The van der Waals surface area contributed by atoms with Crippen LogP contribution >= 0.6 is 31.9 Å². The van der Waals surface area contributed by atoms with Gasteiger partial charge in [-0.05, 0) is 24.6 Å². The fraction of sp³-hybridized carbons (Fsp3) is 0.250. The third-order valence-electron chi connectivity index (χ3n) is 1.45. The van der Waals surface area contributed by atoms with E-state index >= 15 is 0 Å². The summed E-state index contributed by atoms with van der Waals surface area (Å²) in [6, 6.07) is 6.08. The van der Waals surface area contributed by atoms with Crippen molar-refractivity contribution in [3.05, 3.63) is 32.7 Å². The lowest BCUT2D eigenvalue weighted by Gasteiger charge is -2.07. The fourth-order valence-corrected chi connectivity index (χ4v) is 2.28. The summed E-state index contributed by atoms with van der Waals surface area (Å²) < 4.78 is 2.12. The molecule has 1 nitrogen and oxygen atoms in total. The first-order valence-corrected chi connectivity index (χ1v) is 4.90. The van der Waals surface area contributed by atoms with E-state index in [2.05, 4.69) is 31.9 Å². The highest BCUT2D eigenvalue weighted by Crippen LogP contribution is 2.25. The van der Waals surface area contributed by atoms with E-state index in [0.29, 0.717) is 0 Å². The van der Waals surface area contributed by atoms with E-state index in [0.717, 1.165) is 14.5 Å². The number of hydrogen-bond acceptors (Lipinski definition) is 1. The van der Waals surface area contributed by atoms with E-state index in [1.165, 1.54) is 0 Å². The van der Waals surface area contributed by atoms with E-state index < -0.39 is 0 Å². The summed E-state index contributed by atoms with van der Waals surface area (Å²) in [5, 5.41) is 0. The number of rotatable bonds is 1. The molecule has 0 saturated carbocycles. The van der Waals surface area contributed by atoms with Gasteiger partial charge in [0.1, 0.15) is 0 Å². The molecule has 0 aliphatic heterocycles. The zero-order valence-corrected chi connectivity index (χ0v) is 9.31. The monoisotopic (exact) mass is 277 g/mol. The van der Waals surface area contributed by atoms with Crippen molar-refractivity contribution >= 4 is 31.9 Å². The van der Waals surface area contributed by atoms with Crippen molar-refractivity contribution in [1.82, 2.24) is 0 Å². The third kappa shape index (κ3) is 2.29. The maximum atomic E-state index is 5.72. The van der Waals surface area contributed by atoms with E-state index in [-0.39, 0.29) is 6.04 Å². The predicted molar refractivity (Wildman–Crippen MR) is 54.4 cm³/mol. The third-order valence-corrected chi connectivity index (χ3v) is 2.63. The minimum Gasteiger partial charge on any atom is -0.324 e. The standard InChI is InChI=1S/C8H9Br2N/c1-5(11)7-3-2-6(9)4-8(7)10/h2-5H,11H2,1H3. The molecule has 11 heavy (non-hydrogen) atoms. The lowest BCUT2D eigenvalue weighted by atomic mass is 10.1. The Kier molecular flexibility index (Phi) is 3.10. The maximum Gasteiger partial charge on any atom is 0.0277 e. The molecule has 0 radical (unpaired) electrons. The average Bonchev–Trinajstić information content (AvgIpc) is 1.85. The number of benzene rings is 1. The zero-order chi connectivity index (χ0) is 8.43. The lowest BCUT2D eigenvalue weighted by Crippen LogP contribution is -2.05. The van der Waals surface area contributed by atoms with Crippen LogP contribution in [0.5, 0.6) is 0 Å². The summed E-state index contributed by atoms with van der Waals surface area (Å²) in [5.41, 5.74) is 6.85. The van der Waals surface area contributed by atoms with Crippen LogP contribution in [0.1, 0.15) is 18.5 Å². The van der Waals surface area contributed by atoms with Gasteiger partial charge in [0.15, 0.2) is 0 Å². The molecule has 0 amide bonds. The smallest absolute Gasteiger partial charge is 0.0277 e. The van der Waals surface area contributed by atoms with Crippen LogP contribution in [-0.4, -0.2) is 0 Å².